The summed E-state index contributed by atoms with van der Waals surface area (Å²) in [4.78, 5) is 26.2. The lowest BCUT2D eigenvalue weighted by Crippen LogP contribution is -2.38. The number of hydrogen-bond acceptors (Lipinski definition) is 3. The molecule has 0 bridgehead atoms. The number of halogens is 3. The van der Waals surface area contributed by atoms with Crippen LogP contribution in [0.15, 0.2) is 17.1 Å². The summed E-state index contributed by atoms with van der Waals surface area (Å²) in [5.74, 6) is -0.649. The van der Waals surface area contributed by atoms with Gasteiger partial charge in [0.15, 0.2) is 0 Å². The highest BCUT2D eigenvalue weighted by Gasteiger charge is 2.35. The van der Waals surface area contributed by atoms with Gasteiger partial charge in [0.2, 0.25) is 5.91 Å². The Labute approximate surface area is 151 Å². The van der Waals surface area contributed by atoms with E-state index in [1.165, 1.54) is 6.20 Å². The molecule has 1 saturated heterocycles. The van der Waals surface area contributed by atoms with Gasteiger partial charge in [-0.15, -0.1) is 0 Å². The largest absolute Gasteiger partial charge is 0.416 e. The summed E-state index contributed by atoms with van der Waals surface area (Å²) in [5.41, 5.74) is 3.66. The highest BCUT2D eigenvalue weighted by atomic mass is 19.4. The summed E-state index contributed by atoms with van der Waals surface area (Å²) < 4.78 is 41.1. The van der Waals surface area contributed by atoms with Crippen molar-refractivity contribution >= 4 is 5.91 Å². The molecule has 5 nitrogen and oxygen atoms in total. The lowest BCUT2D eigenvalue weighted by Gasteiger charge is -2.30. The number of aromatic nitrogens is 1. The first-order valence-corrected chi connectivity index (χ1v) is 8.93. The van der Waals surface area contributed by atoms with E-state index in [1.54, 1.807) is 0 Å². The fourth-order valence-corrected chi connectivity index (χ4v) is 3.21. The van der Waals surface area contributed by atoms with Gasteiger partial charge < -0.3 is 15.2 Å². The minimum atomic E-state index is -4.61. The van der Waals surface area contributed by atoms with E-state index < -0.39 is 29.2 Å². The summed E-state index contributed by atoms with van der Waals surface area (Å²) >= 11 is 0. The van der Waals surface area contributed by atoms with Crippen molar-refractivity contribution < 1.29 is 18.0 Å². The number of carbonyl (C=O) groups is 1. The van der Waals surface area contributed by atoms with E-state index in [2.05, 4.69) is 4.90 Å². The zero-order valence-electron chi connectivity index (χ0n) is 15.2. The van der Waals surface area contributed by atoms with Gasteiger partial charge in [-0.25, -0.2) is 0 Å². The summed E-state index contributed by atoms with van der Waals surface area (Å²) in [7, 11) is 0. The summed E-state index contributed by atoms with van der Waals surface area (Å²) in [6.07, 6.45) is -1.25. The van der Waals surface area contributed by atoms with Crippen LogP contribution in [-0.4, -0.2) is 35.0 Å². The third kappa shape index (κ3) is 5.09. The second kappa shape index (κ2) is 8.24. The maximum atomic E-state index is 13.3. The minimum absolute atomic E-state index is 0.0348. The number of likely N-dealkylation sites (tertiary alicyclic amines) is 1. The zero-order valence-corrected chi connectivity index (χ0v) is 15.2. The number of nitrogens with zero attached hydrogens (tertiary/aromatic N) is 2. The van der Waals surface area contributed by atoms with Crippen molar-refractivity contribution in [3.05, 3.63) is 33.7 Å². The number of primary amides is 1. The van der Waals surface area contributed by atoms with Crippen LogP contribution in [0, 0.1) is 5.92 Å². The Balaban J connectivity index is 2.34. The number of amides is 1. The monoisotopic (exact) mass is 373 g/mol. The van der Waals surface area contributed by atoms with Crippen LogP contribution < -0.4 is 11.3 Å². The third-order valence-corrected chi connectivity index (χ3v) is 4.70. The molecule has 2 rings (SSSR count). The highest BCUT2D eigenvalue weighted by molar-refractivity contribution is 5.78. The van der Waals surface area contributed by atoms with Crippen molar-refractivity contribution in [2.45, 2.75) is 51.7 Å². The topological polar surface area (TPSA) is 68.3 Å². The third-order valence-electron chi connectivity index (χ3n) is 4.70. The Hall–Kier alpha value is -1.83. The minimum Gasteiger partial charge on any atom is -0.368 e. The van der Waals surface area contributed by atoms with Crippen molar-refractivity contribution in [2.24, 2.45) is 11.7 Å². The van der Waals surface area contributed by atoms with Crippen molar-refractivity contribution in [1.29, 1.82) is 0 Å². The first-order chi connectivity index (χ1) is 12.1. The molecule has 0 radical (unpaired) electrons. The van der Waals surface area contributed by atoms with E-state index in [9.17, 15) is 22.8 Å². The van der Waals surface area contributed by atoms with Crippen molar-refractivity contribution in [3.8, 4) is 0 Å². The van der Waals surface area contributed by atoms with Crippen LogP contribution in [0.5, 0.6) is 0 Å². The normalized spacial score (nSPS) is 16.5. The van der Waals surface area contributed by atoms with Crippen LogP contribution in [-0.2, 0) is 17.4 Å². The average Bonchev–Trinajstić information content (AvgIpc) is 2.47. The molecular weight excluding hydrogens is 347 g/mol. The standard InChI is InChI=1S/C18H26F3N3O2/c1-12(2)9-15(17(22)26)24-11-13(5-3-6-23-7-4-8-23)14(10-16(24)25)18(19,20)21/h10-12,15H,3-9H2,1-2H3,(H2,22,26). The molecule has 0 spiro atoms. The number of carbonyl (C=O) groups excluding carboxylic acids is 1. The molecule has 8 heteroatoms. The maximum Gasteiger partial charge on any atom is 0.416 e. The van der Waals surface area contributed by atoms with E-state index in [4.69, 9.17) is 5.73 Å². The second-order valence-electron chi connectivity index (χ2n) is 7.30. The van der Waals surface area contributed by atoms with Gasteiger partial charge in [0, 0.05) is 12.3 Å². The molecule has 1 aromatic rings. The number of rotatable bonds is 8. The zero-order chi connectivity index (χ0) is 19.5. The van der Waals surface area contributed by atoms with E-state index in [0.29, 0.717) is 18.9 Å². The van der Waals surface area contributed by atoms with Crippen LogP contribution in [0.1, 0.15) is 50.3 Å². The van der Waals surface area contributed by atoms with E-state index in [1.807, 2.05) is 13.8 Å². The number of aryl methyl sites for hydroxylation is 1. The van der Waals surface area contributed by atoms with E-state index in [-0.39, 0.29) is 17.9 Å². The molecule has 0 aliphatic carbocycles. The van der Waals surface area contributed by atoms with E-state index in [0.717, 1.165) is 30.6 Å². The molecule has 2 heterocycles. The Kier molecular flexibility index (Phi) is 6.49. The first-order valence-electron chi connectivity index (χ1n) is 8.93. The Morgan fingerprint density at radius 2 is 1.96 bits per heavy atom. The van der Waals surface area contributed by atoms with Gasteiger partial charge in [0.25, 0.3) is 5.56 Å². The predicted octanol–water partition coefficient (Wildman–Crippen LogP) is 2.58. The molecule has 1 atom stereocenters. The van der Waals surface area contributed by atoms with Gasteiger partial charge in [-0.1, -0.05) is 13.8 Å². The highest BCUT2D eigenvalue weighted by Crippen LogP contribution is 2.32. The molecule has 146 valence electrons. The van der Waals surface area contributed by atoms with Gasteiger partial charge in [0.1, 0.15) is 6.04 Å². The van der Waals surface area contributed by atoms with Crippen LogP contribution in [0.2, 0.25) is 0 Å². The van der Waals surface area contributed by atoms with Crippen LogP contribution >= 0.6 is 0 Å². The number of nitrogens with two attached hydrogens (primary N) is 1. The van der Waals surface area contributed by atoms with Crippen molar-refractivity contribution in [3.63, 3.8) is 0 Å². The quantitative estimate of drug-likeness (QED) is 0.762. The second-order valence-corrected chi connectivity index (χ2v) is 7.30. The molecule has 1 aliphatic rings. The van der Waals surface area contributed by atoms with Gasteiger partial charge in [0.05, 0.1) is 5.56 Å². The SMILES string of the molecule is CC(C)CC(C(N)=O)n1cc(CCCN2CCC2)c(C(F)(F)F)cc1=O. The first kappa shape index (κ1) is 20.5. The smallest absolute Gasteiger partial charge is 0.368 e. The fourth-order valence-electron chi connectivity index (χ4n) is 3.21. The Bertz CT molecular complexity index is 694. The molecule has 1 amide bonds. The van der Waals surface area contributed by atoms with Gasteiger partial charge in [-0.2, -0.15) is 13.2 Å². The average molecular weight is 373 g/mol. The summed E-state index contributed by atoms with van der Waals surface area (Å²) in [6, 6.07) is -0.353. The van der Waals surface area contributed by atoms with Crippen LogP contribution in [0.4, 0.5) is 13.2 Å². The van der Waals surface area contributed by atoms with E-state index >= 15 is 0 Å². The molecule has 0 saturated carbocycles. The number of hydrogen-bond donors (Lipinski definition) is 1. The molecule has 1 unspecified atom stereocenters. The molecular formula is C18H26F3N3O2. The van der Waals surface area contributed by atoms with Crippen molar-refractivity contribution in [1.82, 2.24) is 9.47 Å². The van der Waals surface area contributed by atoms with Gasteiger partial charge in [-0.3, -0.25) is 9.59 Å². The lowest BCUT2D eigenvalue weighted by atomic mass is 10.0. The van der Waals surface area contributed by atoms with Gasteiger partial charge >= 0.3 is 6.18 Å². The molecule has 0 aromatic carbocycles. The Morgan fingerprint density at radius 3 is 2.42 bits per heavy atom. The summed E-state index contributed by atoms with van der Waals surface area (Å²) in [6.45, 7) is 6.40. The lowest BCUT2D eigenvalue weighted by molar-refractivity contribution is -0.138. The molecule has 2 N–H and O–H groups in total. The predicted molar refractivity (Wildman–Crippen MR) is 92.8 cm³/mol. The fraction of sp³-hybridized carbons (Fsp3) is 0.667. The van der Waals surface area contributed by atoms with Crippen LogP contribution in [0.25, 0.3) is 0 Å². The molecule has 26 heavy (non-hydrogen) atoms. The molecule has 1 fully saturated rings. The Morgan fingerprint density at radius 1 is 1.31 bits per heavy atom. The molecule has 1 aromatic heterocycles. The van der Waals surface area contributed by atoms with Crippen LogP contribution in [0.3, 0.4) is 0 Å². The number of pyridine rings is 1. The molecule has 1 aliphatic heterocycles. The van der Waals surface area contributed by atoms with Gasteiger partial charge in [-0.05, 0) is 56.8 Å². The maximum absolute atomic E-state index is 13.3. The number of alkyl halides is 3. The van der Waals surface area contributed by atoms with Crippen molar-refractivity contribution in [2.75, 3.05) is 19.6 Å². The summed E-state index contributed by atoms with van der Waals surface area (Å²) in [5, 5.41) is 0.